The van der Waals surface area contributed by atoms with Crippen molar-refractivity contribution in [2.75, 3.05) is 6.54 Å². The fraction of sp³-hybridized carbons (Fsp3) is 0.857. The van der Waals surface area contributed by atoms with Crippen molar-refractivity contribution in [3.8, 4) is 0 Å². The summed E-state index contributed by atoms with van der Waals surface area (Å²) in [5.74, 6) is 0.00296. The maximum atomic E-state index is 12.5. The molecule has 1 aliphatic rings. The number of nitrogens with zero attached hydrogens (tertiary/aromatic N) is 1. The SMILES string of the molecule is CCCCCNC(=O)C1(C(N)=NO)CCCCCC1. The predicted molar refractivity (Wildman–Crippen MR) is 76.1 cm³/mol. The molecule has 0 bridgehead atoms. The first kappa shape index (κ1) is 15.8. The number of hydrogen-bond acceptors (Lipinski definition) is 3. The third kappa shape index (κ3) is 4.11. The van der Waals surface area contributed by atoms with Gasteiger partial charge in [-0.25, -0.2) is 0 Å². The van der Waals surface area contributed by atoms with Crippen molar-refractivity contribution in [2.24, 2.45) is 16.3 Å². The Morgan fingerprint density at radius 2 is 1.89 bits per heavy atom. The highest BCUT2D eigenvalue weighted by Crippen LogP contribution is 2.35. The molecule has 0 heterocycles. The van der Waals surface area contributed by atoms with Gasteiger partial charge in [-0.3, -0.25) is 4.79 Å². The van der Waals surface area contributed by atoms with Crippen LogP contribution < -0.4 is 11.1 Å². The molecule has 5 nitrogen and oxygen atoms in total. The van der Waals surface area contributed by atoms with Crippen molar-refractivity contribution in [3.05, 3.63) is 0 Å². The molecule has 1 amide bonds. The van der Waals surface area contributed by atoms with E-state index in [9.17, 15) is 4.79 Å². The second kappa shape index (κ2) is 8.02. The maximum Gasteiger partial charge on any atom is 0.233 e. The molecule has 4 N–H and O–H groups in total. The summed E-state index contributed by atoms with van der Waals surface area (Å²) in [7, 11) is 0. The van der Waals surface area contributed by atoms with Crippen LogP contribution in [0.2, 0.25) is 0 Å². The monoisotopic (exact) mass is 269 g/mol. The van der Waals surface area contributed by atoms with Crippen LogP contribution in [0.1, 0.15) is 64.7 Å². The minimum atomic E-state index is -0.794. The van der Waals surface area contributed by atoms with Gasteiger partial charge in [-0.15, -0.1) is 0 Å². The fourth-order valence-corrected chi connectivity index (χ4v) is 2.77. The zero-order valence-electron chi connectivity index (χ0n) is 12.0. The molecule has 0 unspecified atom stereocenters. The van der Waals surface area contributed by atoms with E-state index >= 15 is 0 Å². The lowest BCUT2D eigenvalue weighted by Gasteiger charge is -2.29. The number of amides is 1. The molecule has 0 radical (unpaired) electrons. The van der Waals surface area contributed by atoms with E-state index in [2.05, 4.69) is 17.4 Å². The van der Waals surface area contributed by atoms with Crippen LogP contribution in [-0.4, -0.2) is 23.5 Å². The fourth-order valence-electron chi connectivity index (χ4n) is 2.77. The first-order valence-electron chi connectivity index (χ1n) is 7.43. The van der Waals surface area contributed by atoms with Gasteiger partial charge in [0.05, 0.1) is 0 Å². The van der Waals surface area contributed by atoms with E-state index in [1.54, 1.807) is 0 Å². The van der Waals surface area contributed by atoms with Crippen LogP contribution in [-0.2, 0) is 4.79 Å². The summed E-state index contributed by atoms with van der Waals surface area (Å²) in [6.07, 6.45) is 8.72. The first-order valence-corrected chi connectivity index (χ1v) is 7.43. The molecule has 0 aliphatic heterocycles. The normalized spacial score (nSPS) is 19.7. The van der Waals surface area contributed by atoms with Gasteiger partial charge < -0.3 is 16.3 Å². The lowest BCUT2D eigenvalue weighted by atomic mass is 9.78. The third-order valence-corrected chi connectivity index (χ3v) is 4.06. The molecule has 0 aromatic rings. The lowest BCUT2D eigenvalue weighted by molar-refractivity contribution is -0.128. The van der Waals surface area contributed by atoms with E-state index in [4.69, 9.17) is 10.9 Å². The number of nitrogens with two attached hydrogens (primary N) is 1. The zero-order chi connectivity index (χ0) is 14.1. The molecule has 1 saturated carbocycles. The van der Waals surface area contributed by atoms with Crippen molar-refractivity contribution in [2.45, 2.75) is 64.7 Å². The Kier molecular flexibility index (Phi) is 6.67. The Morgan fingerprint density at radius 1 is 1.26 bits per heavy atom. The molecule has 19 heavy (non-hydrogen) atoms. The molecule has 0 aromatic carbocycles. The van der Waals surface area contributed by atoms with E-state index in [-0.39, 0.29) is 11.7 Å². The number of amidine groups is 1. The molecule has 0 spiro atoms. The molecule has 1 rings (SSSR count). The smallest absolute Gasteiger partial charge is 0.233 e. The number of carbonyl (C=O) groups is 1. The van der Waals surface area contributed by atoms with E-state index in [0.29, 0.717) is 19.4 Å². The number of carbonyl (C=O) groups excluding carboxylic acids is 1. The molecule has 1 aliphatic carbocycles. The third-order valence-electron chi connectivity index (χ3n) is 4.06. The van der Waals surface area contributed by atoms with Crippen molar-refractivity contribution >= 4 is 11.7 Å². The van der Waals surface area contributed by atoms with Gasteiger partial charge in [0, 0.05) is 6.54 Å². The summed E-state index contributed by atoms with van der Waals surface area (Å²) < 4.78 is 0. The Labute approximate surface area is 115 Å². The molecule has 0 aromatic heterocycles. The van der Waals surface area contributed by atoms with Crippen molar-refractivity contribution in [1.29, 1.82) is 0 Å². The summed E-state index contributed by atoms with van der Waals surface area (Å²) in [6.45, 7) is 2.80. The average Bonchev–Trinajstić information content (AvgIpc) is 2.69. The summed E-state index contributed by atoms with van der Waals surface area (Å²) in [6, 6.07) is 0. The van der Waals surface area contributed by atoms with Crippen molar-refractivity contribution < 1.29 is 10.0 Å². The van der Waals surface area contributed by atoms with E-state index in [1.807, 2.05) is 0 Å². The van der Waals surface area contributed by atoms with Gasteiger partial charge >= 0.3 is 0 Å². The van der Waals surface area contributed by atoms with Crippen LogP contribution >= 0.6 is 0 Å². The van der Waals surface area contributed by atoms with E-state index in [1.165, 1.54) is 0 Å². The number of hydrogen-bond donors (Lipinski definition) is 3. The topological polar surface area (TPSA) is 87.7 Å². The van der Waals surface area contributed by atoms with E-state index in [0.717, 1.165) is 44.9 Å². The minimum Gasteiger partial charge on any atom is -0.409 e. The molecule has 0 saturated heterocycles. The summed E-state index contributed by atoms with van der Waals surface area (Å²) in [5, 5.41) is 15.1. The summed E-state index contributed by atoms with van der Waals surface area (Å²) in [5.41, 5.74) is 5.03. The van der Waals surface area contributed by atoms with Gasteiger partial charge in [0.25, 0.3) is 0 Å². The first-order chi connectivity index (χ1) is 9.17. The summed E-state index contributed by atoms with van der Waals surface area (Å²) in [4.78, 5) is 12.5. The van der Waals surface area contributed by atoms with Gasteiger partial charge in [0.15, 0.2) is 5.84 Å². The van der Waals surface area contributed by atoms with Crippen LogP contribution in [0.15, 0.2) is 5.16 Å². The lowest BCUT2D eigenvalue weighted by Crippen LogP contribution is -2.49. The zero-order valence-corrected chi connectivity index (χ0v) is 12.0. The minimum absolute atomic E-state index is 0.0687. The van der Waals surface area contributed by atoms with Crippen LogP contribution in [0.4, 0.5) is 0 Å². The Morgan fingerprint density at radius 3 is 2.42 bits per heavy atom. The molecule has 5 heteroatoms. The highest BCUT2D eigenvalue weighted by molar-refractivity contribution is 6.06. The maximum absolute atomic E-state index is 12.5. The van der Waals surface area contributed by atoms with Gasteiger partial charge in [0.1, 0.15) is 5.41 Å². The molecule has 1 fully saturated rings. The predicted octanol–water partition coefficient (Wildman–Crippen LogP) is 2.38. The molecule has 0 atom stereocenters. The average molecular weight is 269 g/mol. The molecular weight excluding hydrogens is 242 g/mol. The summed E-state index contributed by atoms with van der Waals surface area (Å²) >= 11 is 0. The van der Waals surface area contributed by atoms with Gasteiger partial charge in [0.2, 0.25) is 5.91 Å². The van der Waals surface area contributed by atoms with Crippen molar-refractivity contribution in [3.63, 3.8) is 0 Å². The standard InChI is InChI=1S/C14H27N3O2/c1-2-3-8-11-16-13(18)14(12(15)17-19)9-6-4-5-7-10-14/h19H,2-11H2,1H3,(H2,15,17)(H,16,18). The largest absolute Gasteiger partial charge is 0.409 e. The molecule has 110 valence electrons. The van der Waals surface area contributed by atoms with Crippen molar-refractivity contribution in [1.82, 2.24) is 5.32 Å². The highest BCUT2D eigenvalue weighted by atomic mass is 16.4. The Balaban J connectivity index is 2.69. The Bertz CT molecular complexity index is 308. The number of unbranched alkanes of at least 4 members (excludes halogenated alkanes) is 2. The van der Waals surface area contributed by atoms with Crippen LogP contribution in [0.25, 0.3) is 0 Å². The number of rotatable bonds is 6. The molecular formula is C14H27N3O2. The highest BCUT2D eigenvalue weighted by Gasteiger charge is 2.42. The second-order valence-electron chi connectivity index (χ2n) is 5.44. The van der Waals surface area contributed by atoms with E-state index < -0.39 is 5.41 Å². The van der Waals surface area contributed by atoms with Crippen LogP contribution in [0.5, 0.6) is 0 Å². The van der Waals surface area contributed by atoms with Gasteiger partial charge in [-0.1, -0.05) is 50.6 Å². The van der Waals surface area contributed by atoms with Crippen LogP contribution in [0, 0.1) is 5.41 Å². The number of oxime groups is 1. The number of nitrogens with one attached hydrogen (secondary N) is 1. The van der Waals surface area contributed by atoms with Crippen LogP contribution in [0.3, 0.4) is 0 Å². The quantitative estimate of drug-likeness (QED) is 0.173. The van der Waals surface area contributed by atoms with Gasteiger partial charge in [-0.05, 0) is 19.3 Å². The van der Waals surface area contributed by atoms with Gasteiger partial charge in [-0.2, -0.15) is 0 Å². The second-order valence-corrected chi connectivity index (χ2v) is 5.44. The Hall–Kier alpha value is -1.26.